The van der Waals surface area contributed by atoms with Gasteiger partial charge in [-0.3, -0.25) is 4.79 Å². The third kappa shape index (κ3) is 3.64. The average molecular weight is 329 g/mol. The van der Waals surface area contributed by atoms with Gasteiger partial charge in [0, 0.05) is 5.69 Å². The molecule has 8 heteroatoms. The van der Waals surface area contributed by atoms with E-state index < -0.39 is 18.1 Å². The number of hydrogen-bond acceptors (Lipinski definition) is 3. The molecule has 2 aromatic rings. The lowest BCUT2D eigenvalue weighted by molar-refractivity contribution is -0.170. The Morgan fingerprint density at radius 3 is 2.23 bits per heavy atom. The van der Waals surface area contributed by atoms with Crippen molar-refractivity contribution in [3.05, 3.63) is 52.2 Å². The zero-order valence-corrected chi connectivity index (χ0v) is 11.8. The molecule has 1 N–H and O–H groups in total. The van der Waals surface area contributed by atoms with Crippen molar-refractivity contribution in [1.29, 1.82) is 0 Å². The number of amides is 1. The number of rotatable bonds is 4. The molecule has 0 bridgehead atoms. The summed E-state index contributed by atoms with van der Waals surface area (Å²) >= 11 is 1.31. The molecule has 0 spiro atoms. The van der Waals surface area contributed by atoms with E-state index in [0.717, 1.165) is 12.1 Å². The molecule has 0 aliphatic heterocycles. The molecule has 0 fully saturated rings. The van der Waals surface area contributed by atoms with Gasteiger partial charge < -0.3 is 10.0 Å². The standard InChI is InChI=1S/C14H10F3NO3S/c15-14(16,17)13(21)18(7-9-5-6-22-8-9)11-3-1-10(2-4-11)12(19)20/h1-6,8H,7H2,(H,19,20). The monoisotopic (exact) mass is 329 g/mol. The van der Waals surface area contributed by atoms with E-state index in [-0.39, 0.29) is 17.8 Å². The summed E-state index contributed by atoms with van der Waals surface area (Å²) in [4.78, 5) is 22.9. The van der Waals surface area contributed by atoms with Crippen LogP contribution in [0, 0.1) is 0 Å². The number of benzene rings is 1. The van der Waals surface area contributed by atoms with Crippen LogP contribution in [0.3, 0.4) is 0 Å². The molecule has 0 saturated carbocycles. The number of thiophene rings is 1. The highest BCUT2D eigenvalue weighted by atomic mass is 32.1. The lowest BCUT2D eigenvalue weighted by Crippen LogP contribution is -2.40. The van der Waals surface area contributed by atoms with Crippen LogP contribution in [0.25, 0.3) is 0 Å². The number of halogens is 3. The molecule has 0 aliphatic carbocycles. The SMILES string of the molecule is O=C(O)c1ccc(N(Cc2ccsc2)C(=O)C(F)(F)F)cc1. The van der Waals surface area contributed by atoms with E-state index in [1.807, 2.05) is 0 Å². The first-order chi connectivity index (χ1) is 10.3. The van der Waals surface area contributed by atoms with Crippen LogP contribution in [-0.2, 0) is 11.3 Å². The van der Waals surface area contributed by atoms with E-state index in [4.69, 9.17) is 5.11 Å². The number of anilines is 1. The summed E-state index contributed by atoms with van der Waals surface area (Å²) in [5.74, 6) is -3.19. The molecular formula is C14H10F3NO3S. The van der Waals surface area contributed by atoms with Gasteiger partial charge in [-0.05, 0) is 46.7 Å². The fourth-order valence-electron chi connectivity index (χ4n) is 1.78. The normalized spacial score (nSPS) is 11.2. The van der Waals surface area contributed by atoms with E-state index >= 15 is 0 Å². The molecule has 2 rings (SSSR count). The maximum absolute atomic E-state index is 12.7. The summed E-state index contributed by atoms with van der Waals surface area (Å²) in [6.07, 6.45) is -5.01. The Morgan fingerprint density at radius 1 is 1.14 bits per heavy atom. The van der Waals surface area contributed by atoms with E-state index in [1.165, 1.54) is 23.5 Å². The Hall–Kier alpha value is -2.35. The highest BCUT2D eigenvalue weighted by Gasteiger charge is 2.43. The van der Waals surface area contributed by atoms with Gasteiger partial charge in [-0.25, -0.2) is 4.79 Å². The smallest absolute Gasteiger partial charge is 0.471 e. The summed E-state index contributed by atoms with van der Waals surface area (Å²) in [6.45, 7) is -0.242. The van der Waals surface area contributed by atoms with E-state index in [2.05, 4.69) is 0 Å². The molecular weight excluding hydrogens is 319 g/mol. The van der Waals surface area contributed by atoms with Crippen molar-refractivity contribution in [2.24, 2.45) is 0 Å². The molecule has 1 aromatic carbocycles. The number of aromatic carboxylic acids is 1. The zero-order valence-electron chi connectivity index (χ0n) is 11.0. The summed E-state index contributed by atoms with van der Waals surface area (Å²) < 4.78 is 38.2. The van der Waals surface area contributed by atoms with E-state index in [9.17, 15) is 22.8 Å². The molecule has 4 nitrogen and oxygen atoms in total. The van der Waals surface area contributed by atoms with Gasteiger partial charge in [0.25, 0.3) is 0 Å². The minimum absolute atomic E-state index is 0.0153. The summed E-state index contributed by atoms with van der Waals surface area (Å²) in [6, 6.07) is 6.29. The first-order valence-electron chi connectivity index (χ1n) is 6.02. The fourth-order valence-corrected chi connectivity index (χ4v) is 2.44. The van der Waals surface area contributed by atoms with Gasteiger partial charge in [-0.1, -0.05) is 0 Å². The number of carbonyl (C=O) groups is 2. The number of carboxylic acid groups (broad SMARTS) is 1. The topological polar surface area (TPSA) is 57.6 Å². The average Bonchev–Trinajstić information content (AvgIpc) is 2.96. The van der Waals surface area contributed by atoms with Crippen molar-refractivity contribution in [1.82, 2.24) is 0 Å². The molecule has 1 amide bonds. The molecule has 0 radical (unpaired) electrons. The second-order valence-corrected chi connectivity index (χ2v) is 5.15. The highest BCUT2D eigenvalue weighted by Crippen LogP contribution is 2.26. The van der Waals surface area contributed by atoms with Crippen molar-refractivity contribution in [2.75, 3.05) is 4.90 Å². The second kappa shape index (κ2) is 6.18. The second-order valence-electron chi connectivity index (χ2n) is 4.37. The van der Waals surface area contributed by atoms with Crippen molar-refractivity contribution in [3.8, 4) is 0 Å². The molecule has 0 saturated heterocycles. The Morgan fingerprint density at radius 2 is 1.77 bits per heavy atom. The maximum atomic E-state index is 12.7. The van der Waals surface area contributed by atoms with Gasteiger partial charge in [0.2, 0.25) is 0 Å². The maximum Gasteiger partial charge on any atom is 0.471 e. The predicted octanol–water partition coefficient (Wildman–Crippen LogP) is 3.54. The molecule has 1 aromatic heterocycles. The van der Waals surface area contributed by atoms with Gasteiger partial charge in [0.05, 0.1) is 12.1 Å². The Kier molecular flexibility index (Phi) is 4.51. The summed E-state index contributed by atoms with van der Waals surface area (Å²) in [7, 11) is 0. The van der Waals surface area contributed by atoms with Gasteiger partial charge in [-0.2, -0.15) is 24.5 Å². The number of alkyl halides is 3. The van der Waals surface area contributed by atoms with Crippen LogP contribution in [0.15, 0.2) is 41.1 Å². The van der Waals surface area contributed by atoms with Crippen LogP contribution in [0.5, 0.6) is 0 Å². The number of carbonyl (C=O) groups excluding carboxylic acids is 1. The fraction of sp³-hybridized carbons (Fsp3) is 0.143. The first-order valence-corrected chi connectivity index (χ1v) is 6.96. The molecule has 22 heavy (non-hydrogen) atoms. The van der Waals surface area contributed by atoms with Crippen molar-refractivity contribution in [3.63, 3.8) is 0 Å². The van der Waals surface area contributed by atoms with Crippen LogP contribution in [0.2, 0.25) is 0 Å². The van der Waals surface area contributed by atoms with Crippen molar-refractivity contribution >= 4 is 28.9 Å². The zero-order chi connectivity index (χ0) is 16.3. The highest BCUT2D eigenvalue weighted by molar-refractivity contribution is 7.07. The quantitative estimate of drug-likeness (QED) is 0.933. The molecule has 0 atom stereocenters. The summed E-state index contributed by atoms with van der Waals surface area (Å²) in [5, 5.41) is 12.1. The van der Waals surface area contributed by atoms with Crippen LogP contribution in [0.1, 0.15) is 15.9 Å². The minimum Gasteiger partial charge on any atom is -0.478 e. The molecule has 1 heterocycles. The number of carboxylic acids is 1. The van der Waals surface area contributed by atoms with Gasteiger partial charge in [-0.15, -0.1) is 0 Å². The lowest BCUT2D eigenvalue weighted by Gasteiger charge is -2.23. The van der Waals surface area contributed by atoms with Crippen molar-refractivity contribution in [2.45, 2.75) is 12.7 Å². The lowest BCUT2D eigenvalue weighted by atomic mass is 10.2. The van der Waals surface area contributed by atoms with Gasteiger partial charge in [0.1, 0.15) is 0 Å². The molecule has 0 unspecified atom stereocenters. The van der Waals surface area contributed by atoms with E-state index in [1.54, 1.807) is 16.8 Å². The number of hydrogen-bond donors (Lipinski definition) is 1. The van der Waals surface area contributed by atoms with Crippen molar-refractivity contribution < 1.29 is 27.9 Å². The summed E-state index contributed by atoms with van der Waals surface area (Å²) in [5.41, 5.74) is 0.474. The first kappa shape index (κ1) is 16.0. The Labute approximate surface area is 127 Å². The van der Waals surface area contributed by atoms with Crippen LogP contribution >= 0.6 is 11.3 Å². The minimum atomic E-state index is -5.01. The van der Waals surface area contributed by atoms with Gasteiger partial charge in [0.15, 0.2) is 0 Å². The van der Waals surface area contributed by atoms with Crippen LogP contribution in [0.4, 0.5) is 18.9 Å². The number of nitrogens with zero attached hydrogens (tertiary/aromatic N) is 1. The predicted molar refractivity (Wildman–Crippen MR) is 75.0 cm³/mol. The van der Waals surface area contributed by atoms with Gasteiger partial charge >= 0.3 is 18.1 Å². The molecule has 116 valence electrons. The Balaban J connectivity index is 2.34. The third-order valence-corrected chi connectivity index (χ3v) is 3.57. The molecule has 0 aliphatic rings. The van der Waals surface area contributed by atoms with E-state index in [0.29, 0.717) is 10.5 Å². The Bertz CT molecular complexity index is 666. The largest absolute Gasteiger partial charge is 0.478 e. The van der Waals surface area contributed by atoms with Crippen LogP contribution in [-0.4, -0.2) is 23.2 Å². The van der Waals surface area contributed by atoms with Crippen LogP contribution < -0.4 is 4.90 Å². The third-order valence-electron chi connectivity index (χ3n) is 2.83.